The minimum atomic E-state index is 0.0291. The largest absolute Gasteiger partial charge is 0.355 e. The minimum absolute atomic E-state index is 0.0291. The van der Waals surface area contributed by atoms with Crippen molar-refractivity contribution in [3.05, 3.63) is 29.3 Å². The second-order valence-corrected chi connectivity index (χ2v) is 6.38. The highest BCUT2D eigenvalue weighted by Gasteiger charge is 2.35. The van der Waals surface area contributed by atoms with Gasteiger partial charge in [0, 0.05) is 12.2 Å². The monoisotopic (exact) mass is 286 g/mol. The summed E-state index contributed by atoms with van der Waals surface area (Å²) in [5, 5.41) is 5.90. The number of hydrogen-bond acceptors (Lipinski definition) is 2. The molecule has 1 aromatic rings. The summed E-state index contributed by atoms with van der Waals surface area (Å²) in [6.07, 6.45) is 5.71. The Kier molecular flexibility index (Phi) is 3.70. The van der Waals surface area contributed by atoms with Gasteiger partial charge in [-0.25, -0.2) is 0 Å². The lowest BCUT2D eigenvalue weighted by Gasteiger charge is -2.41. The second-order valence-electron chi connectivity index (χ2n) is 6.38. The maximum absolute atomic E-state index is 12.1. The van der Waals surface area contributed by atoms with Gasteiger partial charge in [-0.05, 0) is 41.9 Å². The molecule has 2 N–H and O–H groups in total. The van der Waals surface area contributed by atoms with Crippen molar-refractivity contribution in [2.75, 3.05) is 11.9 Å². The topological polar surface area (TPSA) is 58.2 Å². The number of carbonyl (C=O) groups excluding carboxylic acids is 2. The molecule has 4 nitrogen and oxygen atoms in total. The Bertz CT molecular complexity index is 571. The molecular weight excluding hydrogens is 264 g/mol. The Balaban J connectivity index is 1.56. The van der Waals surface area contributed by atoms with Crippen molar-refractivity contribution in [2.24, 2.45) is 5.41 Å². The van der Waals surface area contributed by atoms with E-state index in [1.165, 1.54) is 19.3 Å². The number of carbonyl (C=O) groups is 2. The van der Waals surface area contributed by atoms with Gasteiger partial charge in [-0.2, -0.15) is 0 Å². The molecule has 1 heterocycles. The van der Waals surface area contributed by atoms with Crippen LogP contribution in [0.25, 0.3) is 0 Å². The number of rotatable bonds is 5. The Morgan fingerprint density at radius 2 is 2.19 bits per heavy atom. The predicted molar refractivity (Wildman–Crippen MR) is 82.1 cm³/mol. The molecule has 0 aromatic heterocycles. The fourth-order valence-corrected chi connectivity index (χ4v) is 3.24. The number of anilines is 1. The van der Waals surface area contributed by atoms with Crippen LogP contribution in [0, 0.1) is 5.41 Å². The summed E-state index contributed by atoms with van der Waals surface area (Å²) in [6, 6.07) is 5.80. The van der Waals surface area contributed by atoms with Crippen LogP contribution >= 0.6 is 0 Å². The minimum Gasteiger partial charge on any atom is -0.355 e. The molecule has 0 unspecified atom stereocenters. The first kappa shape index (κ1) is 14.1. The van der Waals surface area contributed by atoms with Crippen molar-refractivity contribution in [3.63, 3.8) is 0 Å². The molecular formula is C17H22N2O2. The zero-order valence-corrected chi connectivity index (χ0v) is 12.5. The predicted octanol–water partition coefficient (Wildman–Crippen LogP) is 2.42. The van der Waals surface area contributed by atoms with Gasteiger partial charge in [0.15, 0.2) is 0 Å². The van der Waals surface area contributed by atoms with Crippen LogP contribution in [0.15, 0.2) is 18.2 Å². The molecule has 1 aromatic carbocycles. The summed E-state index contributed by atoms with van der Waals surface area (Å²) in [5.74, 6) is 0.0977. The zero-order valence-electron chi connectivity index (χ0n) is 12.5. The molecule has 3 rings (SSSR count). The van der Waals surface area contributed by atoms with E-state index < -0.39 is 0 Å². The van der Waals surface area contributed by atoms with Crippen molar-refractivity contribution < 1.29 is 9.59 Å². The molecule has 112 valence electrons. The molecule has 0 atom stereocenters. The lowest BCUT2D eigenvalue weighted by atomic mass is 9.67. The molecule has 21 heavy (non-hydrogen) atoms. The molecule has 0 spiro atoms. The van der Waals surface area contributed by atoms with Crippen LogP contribution in [0.2, 0.25) is 0 Å². The molecule has 2 amide bonds. The molecule has 1 fully saturated rings. The summed E-state index contributed by atoms with van der Waals surface area (Å²) >= 11 is 0. The van der Waals surface area contributed by atoms with E-state index in [4.69, 9.17) is 0 Å². The first-order valence-corrected chi connectivity index (χ1v) is 7.79. The number of fused-ring (bicyclic) bond motifs is 1. The molecule has 2 aliphatic rings. The molecule has 0 saturated heterocycles. The highest BCUT2D eigenvalue weighted by atomic mass is 16.2. The van der Waals surface area contributed by atoms with Gasteiger partial charge in [-0.15, -0.1) is 0 Å². The van der Waals surface area contributed by atoms with Crippen LogP contribution in [0.4, 0.5) is 5.69 Å². The van der Waals surface area contributed by atoms with Gasteiger partial charge in [0.05, 0.1) is 12.8 Å². The lowest BCUT2D eigenvalue weighted by Crippen LogP contribution is -2.42. The Morgan fingerprint density at radius 3 is 2.86 bits per heavy atom. The summed E-state index contributed by atoms with van der Waals surface area (Å²) in [5.41, 5.74) is 3.17. The summed E-state index contributed by atoms with van der Waals surface area (Å²) < 4.78 is 0. The molecule has 1 saturated carbocycles. The van der Waals surface area contributed by atoms with Crippen LogP contribution in [-0.4, -0.2) is 18.4 Å². The van der Waals surface area contributed by atoms with Crippen molar-refractivity contribution in [2.45, 2.75) is 45.4 Å². The van der Waals surface area contributed by atoms with Crippen molar-refractivity contribution in [1.82, 2.24) is 5.32 Å². The third-order valence-electron chi connectivity index (χ3n) is 4.99. The van der Waals surface area contributed by atoms with E-state index in [0.29, 0.717) is 18.3 Å². The van der Waals surface area contributed by atoms with E-state index in [1.54, 1.807) is 0 Å². The maximum Gasteiger partial charge on any atom is 0.228 e. The number of amides is 2. The van der Waals surface area contributed by atoms with E-state index in [9.17, 15) is 9.59 Å². The van der Waals surface area contributed by atoms with Crippen LogP contribution in [0.1, 0.15) is 43.7 Å². The third-order valence-corrected chi connectivity index (χ3v) is 4.99. The quantitative estimate of drug-likeness (QED) is 0.873. The highest BCUT2D eigenvalue weighted by molar-refractivity contribution is 5.99. The average Bonchev–Trinajstić information content (AvgIpc) is 2.77. The fourth-order valence-electron chi connectivity index (χ4n) is 3.24. The van der Waals surface area contributed by atoms with Gasteiger partial charge < -0.3 is 10.6 Å². The number of nitrogens with one attached hydrogen (secondary N) is 2. The second kappa shape index (κ2) is 5.51. The standard InChI is InChI=1S/C17H22N2O2/c1-2-17(6-3-7-17)11-18-15(20)9-12-4-5-13-10-16(21)19-14(13)8-12/h4-5,8H,2-3,6-7,9-11H2,1H3,(H,18,20)(H,19,21). The number of hydrogen-bond donors (Lipinski definition) is 2. The van der Waals surface area contributed by atoms with Crippen LogP contribution in [-0.2, 0) is 22.4 Å². The van der Waals surface area contributed by atoms with Gasteiger partial charge in [0.1, 0.15) is 0 Å². The van der Waals surface area contributed by atoms with E-state index in [2.05, 4.69) is 17.6 Å². The van der Waals surface area contributed by atoms with Crippen LogP contribution in [0.5, 0.6) is 0 Å². The van der Waals surface area contributed by atoms with E-state index in [-0.39, 0.29) is 11.8 Å². The van der Waals surface area contributed by atoms with Gasteiger partial charge in [-0.1, -0.05) is 25.5 Å². The fraction of sp³-hybridized carbons (Fsp3) is 0.529. The molecule has 0 bridgehead atoms. The first-order valence-electron chi connectivity index (χ1n) is 7.79. The van der Waals surface area contributed by atoms with Crippen LogP contribution in [0.3, 0.4) is 0 Å². The Hall–Kier alpha value is -1.84. The number of benzene rings is 1. The Labute approximate surface area is 125 Å². The average molecular weight is 286 g/mol. The SMILES string of the molecule is CCC1(CNC(=O)Cc2ccc3c(c2)NC(=O)C3)CCC1. The molecule has 1 aliphatic heterocycles. The van der Waals surface area contributed by atoms with Gasteiger partial charge in [-0.3, -0.25) is 9.59 Å². The first-order chi connectivity index (χ1) is 10.1. The van der Waals surface area contributed by atoms with Crippen molar-refractivity contribution in [3.8, 4) is 0 Å². The van der Waals surface area contributed by atoms with Gasteiger partial charge in [0.25, 0.3) is 0 Å². The summed E-state index contributed by atoms with van der Waals surface area (Å²) in [7, 11) is 0. The summed E-state index contributed by atoms with van der Waals surface area (Å²) in [4.78, 5) is 23.4. The third kappa shape index (κ3) is 2.94. The smallest absolute Gasteiger partial charge is 0.228 e. The molecule has 4 heteroatoms. The summed E-state index contributed by atoms with van der Waals surface area (Å²) in [6.45, 7) is 3.00. The lowest BCUT2D eigenvalue weighted by molar-refractivity contribution is -0.121. The molecule has 0 radical (unpaired) electrons. The van der Waals surface area contributed by atoms with Gasteiger partial charge in [0.2, 0.25) is 11.8 Å². The molecule has 1 aliphatic carbocycles. The van der Waals surface area contributed by atoms with E-state index >= 15 is 0 Å². The van der Waals surface area contributed by atoms with E-state index in [1.807, 2.05) is 18.2 Å². The zero-order chi connectivity index (χ0) is 14.9. The van der Waals surface area contributed by atoms with Crippen molar-refractivity contribution in [1.29, 1.82) is 0 Å². The Morgan fingerprint density at radius 1 is 1.38 bits per heavy atom. The van der Waals surface area contributed by atoms with Crippen molar-refractivity contribution >= 4 is 17.5 Å². The van der Waals surface area contributed by atoms with Crippen LogP contribution < -0.4 is 10.6 Å². The van der Waals surface area contributed by atoms with E-state index in [0.717, 1.165) is 29.8 Å². The highest BCUT2D eigenvalue weighted by Crippen LogP contribution is 2.43. The maximum atomic E-state index is 12.1. The van der Waals surface area contributed by atoms with Gasteiger partial charge >= 0.3 is 0 Å². The normalized spacial score (nSPS) is 18.6.